The van der Waals surface area contributed by atoms with E-state index in [4.69, 9.17) is 23.2 Å². The summed E-state index contributed by atoms with van der Waals surface area (Å²) in [5, 5.41) is 8.75. The Hall–Kier alpha value is -2.58. The number of pyridine rings is 2. The molecule has 148 valence electrons. The van der Waals surface area contributed by atoms with Gasteiger partial charge in [-0.3, -0.25) is 16.2 Å². The molecule has 0 aromatic carbocycles. The molecule has 28 heavy (non-hydrogen) atoms. The highest BCUT2D eigenvalue weighted by Crippen LogP contribution is 2.29. The van der Waals surface area contributed by atoms with Crippen molar-refractivity contribution >= 4 is 51.8 Å². The van der Waals surface area contributed by atoms with Crippen molar-refractivity contribution in [3.63, 3.8) is 0 Å². The first-order valence-corrected chi connectivity index (χ1v) is 9.58. The number of rotatable bonds is 5. The van der Waals surface area contributed by atoms with Crippen molar-refractivity contribution < 1.29 is 4.79 Å². The van der Waals surface area contributed by atoms with E-state index in [-0.39, 0.29) is 16.2 Å². The average Bonchev–Trinajstić information content (AvgIpc) is 2.94. The number of nitrogens with zero attached hydrogens (tertiary/aromatic N) is 4. The molecule has 3 heterocycles. The predicted octanol–water partition coefficient (Wildman–Crippen LogP) is 4.73. The largest absolute Gasteiger partial charge is 0.339 e. The van der Waals surface area contributed by atoms with Crippen LogP contribution in [0.25, 0.3) is 11.0 Å². The molecular formula is C18H21Cl2N7O. The van der Waals surface area contributed by atoms with Crippen LogP contribution in [-0.2, 0) is 6.54 Å². The normalized spacial score (nSPS) is 11.1. The summed E-state index contributed by atoms with van der Waals surface area (Å²) in [4.78, 5) is 20.7. The molecule has 0 saturated heterocycles. The van der Waals surface area contributed by atoms with Crippen LogP contribution in [0.5, 0.6) is 0 Å². The molecule has 3 N–H and O–H groups in total. The molecule has 0 aliphatic rings. The summed E-state index contributed by atoms with van der Waals surface area (Å²) in [5.74, 6) is 0.692. The molecule has 3 rings (SSSR count). The number of fused-ring (bicyclic) bond motifs is 1. The molecule has 0 aliphatic carbocycles. The van der Waals surface area contributed by atoms with Gasteiger partial charge in [0, 0.05) is 24.1 Å². The number of nitrogens with one attached hydrogen (secondary N) is 3. The fourth-order valence-corrected chi connectivity index (χ4v) is 3.40. The summed E-state index contributed by atoms with van der Waals surface area (Å²) in [6.07, 6.45) is 0. The van der Waals surface area contributed by atoms with Gasteiger partial charge in [0.1, 0.15) is 16.1 Å². The third-order valence-electron chi connectivity index (χ3n) is 4.15. The highest BCUT2D eigenvalue weighted by Gasteiger charge is 2.17. The molecule has 0 bridgehead atoms. The molecule has 8 nitrogen and oxygen atoms in total. The maximum Gasteiger partial charge on any atom is 0.339 e. The number of anilines is 2. The quantitative estimate of drug-likeness (QED) is 0.408. The van der Waals surface area contributed by atoms with Gasteiger partial charge in [-0.1, -0.05) is 37.0 Å². The number of hydrogen-bond donors (Lipinski definition) is 3. The van der Waals surface area contributed by atoms with Crippen LogP contribution in [0.4, 0.5) is 16.3 Å². The summed E-state index contributed by atoms with van der Waals surface area (Å²) in [7, 11) is 0. The first-order chi connectivity index (χ1) is 13.3. The van der Waals surface area contributed by atoms with Gasteiger partial charge >= 0.3 is 6.03 Å². The number of aromatic nitrogens is 4. The van der Waals surface area contributed by atoms with Crippen molar-refractivity contribution in [3.8, 4) is 0 Å². The Morgan fingerprint density at radius 1 is 1.18 bits per heavy atom. The lowest BCUT2D eigenvalue weighted by atomic mass is 10.00. The molecule has 0 unspecified atom stereocenters. The van der Waals surface area contributed by atoms with Crippen molar-refractivity contribution in [2.75, 3.05) is 10.7 Å². The minimum absolute atomic E-state index is 0.217. The number of hydrogen-bond acceptors (Lipinski definition) is 5. The van der Waals surface area contributed by atoms with Gasteiger partial charge in [-0.2, -0.15) is 5.10 Å². The summed E-state index contributed by atoms with van der Waals surface area (Å²) < 4.78 is 1.83. The summed E-state index contributed by atoms with van der Waals surface area (Å²) in [5.41, 5.74) is 8.52. The molecule has 10 heteroatoms. The summed E-state index contributed by atoms with van der Waals surface area (Å²) >= 11 is 11.7. The average molecular weight is 422 g/mol. The van der Waals surface area contributed by atoms with E-state index in [1.54, 1.807) is 0 Å². The zero-order valence-electron chi connectivity index (χ0n) is 16.0. The van der Waals surface area contributed by atoms with Crippen LogP contribution in [-0.4, -0.2) is 25.8 Å². The molecule has 3 aromatic heterocycles. The van der Waals surface area contributed by atoms with E-state index in [1.807, 2.05) is 24.6 Å². The van der Waals surface area contributed by atoms with E-state index in [1.165, 1.54) is 12.1 Å². The lowest BCUT2D eigenvalue weighted by Gasteiger charge is -2.13. The number of carbonyl (C=O) groups is 1. The standard InChI is InChI=1S/C18H21Cl2N7O/c1-5-27-17-16(10(4)26-27)12(9(2)3)8-15(22-17)23-18(28)25-24-11-6-13(19)21-14(20)7-11/h6-9H,5H2,1-4H3,(H,21,24)(H2,22,23,25,28). The van der Waals surface area contributed by atoms with Gasteiger partial charge in [-0.25, -0.2) is 19.4 Å². The Labute approximate surface area is 172 Å². The number of amides is 2. The molecule has 3 aromatic rings. The van der Waals surface area contributed by atoms with E-state index in [0.717, 1.165) is 22.3 Å². The second-order valence-corrected chi connectivity index (χ2v) is 7.33. The maximum atomic E-state index is 12.3. The third kappa shape index (κ3) is 4.28. The van der Waals surface area contributed by atoms with Crippen LogP contribution < -0.4 is 16.2 Å². The Balaban J connectivity index is 1.82. The number of aryl methyl sites for hydroxylation is 2. The monoisotopic (exact) mass is 421 g/mol. The smallest absolute Gasteiger partial charge is 0.297 e. The number of carbonyl (C=O) groups excluding carboxylic acids is 1. The topological polar surface area (TPSA) is 96.8 Å². The van der Waals surface area contributed by atoms with Crippen molar-refractivity contribution in [3.05, 3.63) is 39.8 Å². The van der Waals surface area contributed by atoms with Crippen molar-refractivity contribution in [1.82, 2.24) is 25.2 Å². The number of hydrazine groups is 1. The van der Waals surface area contributed by atoms with Crippen LogP contribution in [0.2, 0.25) is 10.3 Å². The Morgan fingerprint density at radius 3 is 2.46 bits per heavy atom. The molecule has 0 fully saturated rings. The van der Waals surface area contributed by atoms with Gasteiger partial charge in [0.2, 0.25) is 0 Å². The predicted molar refractivity (Wildman–Crippen MR) is 112 cm³/mol. The van der Waals surface area contributed by atoms with E-state index >= 15 is 0 Å². The lowest BCUT2D eigenvalue weighted by molar-refractivity contribution is 0.253. The van der Waals surface area contributed by atoms with Crippen LogP contribution in [0.15, 0.2) is 18.2 Å². The molecule has 0 aliphatic heterocycles. The highest BCUT2D eigenvalue weighted by atomic mass is 35.5. The molecule has 0 spiro atoms. The minimum atomic E-state index is -0.482. The molecule has 0 saturated carbocycles. The second-order valence-electron chi connectivity index (χ2n) is 6.56. The first kappa shape index (κ1) is 20.2. The van der Waals surface area contributed by atoms with Crippen LogP contribution >= 0.6 is 23.2 Å². The number of halogens is 2. The minimum Gasteiger partial charge on any atom is -0.297 e. The van der Waals surface area contributed by atoms with Gasteiger partial charge < -0.3 is 0 Å². The van der Waals surface area contributed by atoms with E-state index in [9.17, 15) is 4.79 Å². The SMILES string of the molecule is CCn1nc(C)c2c(C(C)C)cc(NC(=O)NNc3cc(Cl)nc(Cl)c3)nc21. The molecule has 0 atom stereocenters. The fourth-order valence-electron chi connectivity index (χ4n) is 2.94. The highest BCUT2D eigenvalue weighted by molar-refractivity contribution is 6.32. The fraction of sp³-hybridized carbons (Fsp3) is 0.333. The van der Waals surface area contributed by atoms with Gasteiger partial charge in [-0.05, 0) is 31.4 Å². The molecule has 2 amide bonds. The van der Waals surface area contributed by atoms with Crippen molar-refractivity contribution in [1.29, 1.82) is 0 Å². The lowest BCUT2D eigenvalue weighted by Crippen LogP contribution is -2.34. The second kappa shape index (κ2) is 8.20. The van der Waals surface area contributed by atoms with Crippen LogP contribution in [0, 0.1) is 6.92 Å². The zero-order valence-corrected chi connectivity index (χ0v) is 17.5. The Kier molecular flexibility index (Phi) is 5.90. The third-order valence-corrected chi connectivity index (χ3v) is 4.54. The maximum absolute atomic E-state index is 12.3. The zero-order chi connectivity index (χ0) is 20.4. The Morgan fingerprint density at radius 2 is 1.86 bits per heavy atom. The molecule has 0 radical (unpaired) electrons. The van der Waals surface area contributed by atoms with Gasteiger partial charge in [0.25, 0.3) is 0 Å². The van der Waals surface area contributed by atoms with Crippen LogP contribution in [0.1, 0.15) is 37.9 Å². The van der Waals surface area contributed by atoms with Crippen LogP contribution in [0.3, 0.4) is 0 Å². The van der Waals surface area contributed by atoms with Gasteiger partial charge in [0.15, 0.2) is 5.65 Å². The molecular weight excluding hydrogens is 401 g/mol. The van der Waals surface area contributed by atoms with E-state index in [0.29, 0.717) is 18.1 Å². The van der Waals surface area contributed by atoms with Crippen molar-refractivity contribution in [2.24, 2.45) is 0 Å². The van der Waals surface area contributed by atoms with Gasteiger partial charge in [-0.15, -0.1) is 0 Å². The van der Waals surface area contributed by atoms with E-state index in [2.05, 4.69) is 45.1 Å². The summed E-state index contributed by atoms with van der Waals surface area (Å²) in [6, 6.07) is 4.47. The summed E-state index contributed by atoms with van der Waals surface area (Å²) in [6.45, 7) is 8.86. The van der Waals surface area contributed by atoms with Gasteiger partial charge in [0.05, 0.1) is 11.4 Å². The van der Waals surface area contributed by atoms with E-state index < -0.39 is 6.03 Å². The number of urea groups is 1. The van der Waals surface area contributed by atoms with Crippen molar-refractivity contribution in [2.45, 2.75) is 40.2 Å². The first-order valence-electron chi connectivity index (χ1n) is 8.82. The Bertz CT molecular complexity index is 1010.